The fourth-order valence-electron chi connectivity index (χ4n) is 3.15. The Kier molecular flexibility index (Phi) is 7.51. The fraction of sp³-hybridized carbons (Fsp3) is 0.250. The van der Waals surface area contributed by atoms with Crippen molar-refractivity contribution in [1.29, 1.82) is 0 Å². The Balaban J connectivity index is 1.82. The highest BCUT2D eigenvalue weighted by Crippen LogP contribution is 2.36. The second-order valence-electron chi connectivity index (χ2n) is 7.07. The van der Waals surface area contributed by atoms with Crippen LogP contribution in [0, 0.1) is 20.8 Å². The third kappa shape index (κ3) is 5.35. The van der Waals surface area contributed by atoms with E-state index in [1.165, 1.54) is 11.3 Å². The van der Waals surface area contributed by atoms with Gasteiger partial charge in [0.1, 0.15) is 16.3 Å². The average Bonchev–Trinajstić information content (AvgIpc) is 3.15. The van der Waals surface area contributed by atoms with Crippen LogP contribution < -0.4 is 10.1 Å². The van der Waals surface area contributed by atoms with Gasteiger partial charge in [0.2, 0.25) is 0 Å². The Morgan fingerprint density at radius 1 is 1.03 bits per heavy atom. The molecule has 0 aliphatic rings. The van der Waals surface area contributed by atoms with E-state index in [0.29, 0.717) is 16.3 Å². The first-order chi connectivity index (χ1) is 14.8. The zero-order chi connectivity index (χ0) is 22.5. The molecule has 1 heterocycles. The molecule has 0 fully saturated rings. The van der Waals surface area contributed by atoms with E-state index in [4.69, 9.17) is 9.47 Å². The van der Waals surface area contributed by atoms with Gasteiger partial charge < -0.3 is 14.8 Å². The maximum absolute atomic E-state index is 12.7. The number of esters is 1. The molecule has 0 unspecified atom stereocenters. The lowest BCUT2D eigenvalue weighted by Crippen LogP contribution is -2.21. The Hall–Kier alpha value is -2.64. The van der Waals surface area contributed by atoms with E-state index in [1.807, 2.05) is 62.5 Å². The molecule has 5 nitrogen and oxygen atoms in total. The van der Waals surface area contributed by atoms with E-state index in [0.717, 1.165) is 32.3 Å². The van der Waals surface area contributed by atoms with E-state index in [2.05, 4.69) is 21.2 Å². The van der Waals surface area contributed by atoms with Crippen molar-refractivity contribution in [2.75, 3.05) is 18.5 Å². The molecule has 0 aliphatic carbocycles. The number of nitrogens with one attached hydrogen (secondary N) is 1. The van der Waals surface area contributed by atoms with Crippen LogP contribution in [0.25, 0.3) is 11.1 Å². The van der Waals surface area contributed by atoms with Crippen LogP contribution in [0.4, 0.5) is 5.00 Å². The minimum atomic E-state index is -0.469. The van der Waals surface area contributed by atoms with Crippen LogP contribution in [0.5, 0.6) is 5.75 Å². The van der Waals surface area contributed by atoms with Crippen molar-refractivity contribution in [3.63, 3.8) is 0 Å². The van der Waals surface area contributed by atoms with E-state index in [9.17, 15) is 9.59 Å². The van der Waals surface area contributed by atoms with Gasteiger partial charge in [-0.3, -0.25) is 4.79 Å². The highest BCUT2D eigenvalue weighted by molar-refractivity contribution is 9.10. The molecule has 2 aromatic carbocycles. The average molecular weight is 502 g/mol. The SMILES string of the molecule is CCOC(=O)c1c(-c2ccc(Br)cc2)csc1NC(=O)COc1c(C)ccc(C)c1C. The molecule has 0 radical (unpaired) electrons. The second kappa shape index (κ2) is 10.1. The molecule has 3 rings (SSSR count). The van der Waals surface area contributed by atoms with Crippen LogP contribution in [0.1, 0.15) is 34.0 Å². The highest BCUT2D eigenvalue weighted by atomic mass is 79.9. The number of amides is 1. The van der Waals surface area contributed by atoms with Crippen LogP contribution in [0.15, 0.2) is 46.3 Å². The molecule has 0 aliphatic heterocycles. The molecule has 162 valence electrons. The minimum Gasteiger partial charge on any atom is -0.483 e. The van der Waals surface area contributed by atoms with Gasteiger partial charge in [0.05, 0.1) is 6.61 Å². The number of hydrogen-bond acceptors (Lipinski definition) is 5. The summed E-state index contributed by atoms with van der Waals surface area (Å²) in [5, 5.41) is 5.11. The smallest absolute Gasteiger partial charge is 0.341 e. The van der Waals surface area contributed by atoms with Crippen molar-refractivity contribution in [3.05, 3.63) is 68.5 Å². The number of ether oxygens (including phenoxy) is 2. The molecule has 31 heavy (non-hydrogen) atoms. The largest absolute Gasteiger partial charge is 0.483 e. The number of carbonyl (C=O) groups is 2. The van der Waals surface area contributed by atoms with Gasteiger partial charge in [-0.15, -0.1) is 11.3 Å². The summed E-state index contributed by atoms with van der Waals surface area (Å²) in [6.07, 6.45) is 0. The molecule has 0 spiro atoms. The summed E-state index contributed by atoms with van der Waals surface area (Å²) in [5.74, 6) is -0.0965. The molecular formula is C24H24BrNO4S. The van der Waals surface area contributed by atoms with Gasteiger partial charge in [0, 0.05) is 15.4 Å². The van der Waals surface area contributed by atoms with Gasteiger partial charge in [-0.1, -0.05) is 40.2 Å². The Morgan fingerprint density at radius 2 is 1.71 bits per heavy atom. The zero-order valence-electron chi connectivity index (χ0n) is 17.9. The third-order valence-corrected chi connectivity index (χ3v) is 6.32. The monoisotopic (exact) mass is 501 g/mol. The van der Waals surface area contributed by atoms with Crippen LogP contribution in [0.2, 0.25) is 0 Å². The maximum atomic E-state index is 12.7. The number of benzene rings is 2. The first-order valence-corrected chi connectivity index (χ1v) is 11.5. The number of carbonyl (C=O) groups excluding carboxylic acids is 2. The van der Waals surface area contributed by atoms with Crippen molar-refractivity contribution < 1.29 is 19.1 Å². The number of anilines is 1. The van der Waals surface area contributed by atoms with E-state index >= 15 is 0 Å². The molecule has 1 N–H and O–H groups in total. The predicted octanol–water partition coefficient (Wildman–Crippen LogP) is 6.30. The number of halogens is 1. The molecule has 0 saturated carbocycles. The summed E-state index contributed by atoms with van der Waals surface area (Å²) in [5.41, 5.74) is 5.02. The molecule has 0 atom stereocenters. The molecule has 7 heteroatoms. The van der Waals surface area contributed by atoms with Crippen molar-refractivity contribution >= 4 is 44.1 Å². The minimum absolute atomic E-state index is 0.154. The summed E-state index contributed by atoms with van der Waals surface area (Å²) in [6, 6.07) is 11.6. The topological polar surface area (TPSA) is 64.6 Å². The number of thiophene rings is 1. The van der Waals surface area contributed by atoms with Gasteiger partial charge in [-0.2, -0.15) is 0 Å². The molecule has 0 saturated heterocycles. The molecule has 3 aromatic rings. The highest BCUT2D eigenvalue weighted by Gasteiger charge is 2.23. The van der Waals surface area contributed by atoms with Crippen LogP contribution in [-0.4, -0.2) is 25.1 Å². The number of aryl methyl sites for hydroxylation is 2. The van der Waals surface area contributed by atoms with E-state index in [-0.39, 0.29) is 19.1 Å². The first kappa shape index (κ1) is 23.0. The summed E-state index contributed by atoms with van der Waals surface area (Å²) in [6.45, 7) is 7.76. The van der Waals surface area contributed by atoms with Crippen LogP contribution >= 0.6 is 27.3 Å². The fourth-order valence-corrected chi connectivity index (χ4v) is 4.38. The van der Waals surface area contributed by atoms with Crippen molar-refractivity contribution in [2.45, 2.75) is 27.7 Å². The van der Waals surface area contributed by atoms with Crippen LogP contribution in [0.3, 0.4) is 0 Å². The van der Waals surface area contributed by atoms with E-state index in [1.54, 1.807) is 6.92 Å². The molecule has 1 aromatic heterocycles. The Labute approximate surface area is 194 Å². The van der Waals surface area contributed by atoms with Gasteiger partial charge in [-0.05, 0) is 62.1 Å². The lowest BCUT2D eigenvalue weighted by molar-refractivity contribution is -0.118. The maximum Gasteiger partial charge on any atom is 0.341 e. The summed E-state index contributed by atoms with van der Waals surface area (Å²) in [4.78, 5) is 25.3. The van der Waals surface area contributed by atoms with Crippen molar-refractivity contribution in [1.82, 2.24) is 0 Å². The normalized spacial score (nSPS) is 10.6. The molecule has 1 amide bonds. The summed E-state index contributed by atoms with van der Waals surface area (Å²) in [7, 11) is 0. The lowest BCUT2D eigenvalue weighted by Gasteiger charge is -2.14. The van der Waals surface area contributed by atoms with Crippen LogP contribution in [-0.2, 0) is 9.53 Å². The molecule has 0 bridgehead atoms. The van der Waals surface area contributed by atoms with Gasteiger partial charge >= 0.3 is 5.97 Å². The summed E-state index contributed by atoms with van der Waals surface area (Å²) >= 11 is 4.71. The van der Waals surface area contributed by atoms with Crippen molar-refractivity contribution in [2.24, 2.45) is 0 Å². The van der Waals surface area contributed by atoms with Crippen molar-refractivity contribution in [3.8, 4) is 16.9 Å². The Bertz CT molecular complexity index is 1110. The first-order valence-electron chi connectivity index (χ1n) is 9.85. The summed E-state index contributed by atoms with van der Waals surface area (Å²) < 4.78 is 12.0. The van der Waals surface area contributed by atoms with Gasteiger partial charge in [0.15, 0.2) is 6.61 Å². The standard InChI is InChI=1S/C24H24BrNO4S/c1-5-29-24(28)21-19(17-8-10-18(25)11-9-17)13-31-23(21)26-20(27)12-30-22-15(3)7-6-14(2)16(22)4/h6-11,13H,5,12H2,1-4H3,(H,26,27). The third-order valence-electron chi connectivity index (χ3n) is 4.90. The Morgan fingerprint density at radius 3 is 2.39 bits per heavy atom. The predicted molar refractivity (Wildman–Crippen MR) is 128 cm³/mol. The quantitative estimate of drug-likeness (QED) is 0.386. The zero-order valence-corrected chi connectivity index (χ0v) is 20.3. The second-order valence-corrected chi connectivity index (χ2v) is 8.87. The lowest BCUT2D eigenvalue weighted by atomic mass is 10.0. The van der Waals surface area contributed by atoms with Gasteiger partial charge in [0.25, 0.3) is 5.91 Å². The van der Waals surface area contributed by atoms with E-state index < -0.39 is 5.97 Å². The van der Waals surface area contributed by atoms with Gasteiger partial charge in [-0.25, -0.2) is 4.79 Å². The number of rotatable bonds is 7. The number of hydrogen-bond donors (Lipinski definition) is 1. The molecular weight excluding hydrogens is 478 g/mol.